The highest BCUT2D eigenvalue weighted by Gasteiger charge is 2.11. The summed E-state index contributed by atoms with van der Waals surface area (Å²) in [5, 5.41) is 16.7. The molecule has 2 rings (SSSR count). The summed E-state index contributed by atoms with van der Waals surface area (Å²) in [7, 11) is -3.25. The summed E-state index contributed by atoms with van der Waals surface area (Å²) in [6.45, 7) is 2.76. The maximum absolute atomic E-state index is 11.7. The monoisotopic (exact) mass is 397 g/mol. The van der Waals surface area contributed by atoms with Crippen LogP contribution in [-0.4, -0.2) is 48.6 Å². The lowest BCUT2D eigenvalue weighted by atomic mass is 10.1. The van der Waals surface area contributed by atoms with Gasteiger partial charge >= 0.3 is 11.9 Å². The molecule has 0 saturated carbocycles. The smallest absolute Gasteiger partial charge is 0.328 e. The lowest BCUT2D eigenvalue weighted by molar-refractivity contribution is -0.134. The molecule has 6 N–H and O–H groups in total. The van der Waals surface area contributed by atoms with Crippen molar-refractivity contribution in [3.05, 3.63) is 47.7 Å². The molecule has 0 bridgehead atoms. The van der Waals surface area contributed by atoms with E-state index >= 15 is 0 Å². The van der Waals surface area contributed by atoms with Crippen LogP contribution >= 0.6 is 0 Å². The van der Waals surface area contributed by atoms with E-state index in [2.05, 4.69) is 9.71 Å². The quantitative estimate of drug-likeness (QED) is 0.412. The molecule has 2 aromatic rings. The second kappa shape index (κ2) is 10.5. The fourth-order valence-corrected chi connectivity index (χ4v) is 3.47. The second-order valence-corrected chi connectivity index (χ2v) is 7.31. The predicted octanol–water partition coefficient (Wildman–Crippen LogP) is 0.820. The maximum Gasteiger partial charge on any atom is 0.328 e. The zero-order chi connectivity index (χ0) is 20.4. The van der Waals surface area contributed by atoms with Crippen molar-refractivity contribution in [3.63, 3.8) is 0 Å². The van der Waals surface area contributed by atoms with Crippen LogP contribution in [0.15, 0.2) is 36.5 Å². The number of aliphatic carboxylic acids is 2. The van der Waals surface area contributed by atoms with E-state index in [0.717, 1.165) is 28.5 Å². The molecule has 0 unspecified atom stereocenters. The fourth-order valence-electron chi connectivity index (χ4n) is 2.31. The molecule has 0 saturated heterocycles. The summed E-state index contributed by atoms with van der Waals surface area (Å²) in [5.74, 6) is -2.51. The van der Waals surface area contributed by atoms with E-state index < -0.39 is 22.0 Å². The van der Waals surface area contributed by atoms with Crippen LogP contribution in [0.25, 0.3) is 10.9 Å². The van der Waals surface area contributed by atoms with E-state index in [-0.39, 0.29) is 5.75 Å². The summed E-state index contributed by atoms with van der Waals surface area (Å²) < 4.78 is 26.0. The number of hydrogen-bond donors (Lipinski definition) is 5. The zero-order valence-electron chi connectivity index (χ0n) is 14.8. The van der Waals surface area contributed by atoms with Crippen molar-refractivity contribution in [1.82, 2.24) is 9.71 Å². The lowest BCUT2D eigenvalue weighted by Gasteiger charge is -2.05. The van der Waals surface area contributed by atoms with E-state index in [0.29, 0.717) is 25.2 Å². The predicted molar refractivity (Wildman–Crippen MR) is 102 cm³/mol. The Labute approximate surface area is 156 Å². The standard InChI is InChI=1S/C13H19N3O2S.C4H4O4/c1-2-16-19(17,18)9-10-3-4-13-12(7-10)11(5-6-14)8-15-13;5-3(6)1-2-4(7)8/h3-4,7-8,15-16H,2,5-6,9,14H2,1H3;1-2H,(H,5,6)(H,7,8)/b;2-1-. The number of carbonyl (C=O) groups is 2. The highest BCUT2D eigenvalue weighted by atomic mass is 32.2. The molecule has 1 aromatic heterocycles. The van der Waals surface area contributed by atoms with Crippen LogP contribution in [-0.2, 0) is 31.8 Å². The van der Waals surface area contributed by atoms with Crippen molar-refractivity contribution in [2.45, 2.75) is 19.1 Å². The van der Waals surface area contributed by atoms with Crippen LogP contribution in [0.4, 0.5) is 0 Å². The summed E-state index contributed by atoms with van der Waals surface area (Å²) in [5.41, 5.74) is 8.49. The Kier molecular flexibility index (Phi) is 8.66. The number of H-pyrrole nitrogens is 1. The molecule has 0 aliphatic rings. The SMILES string of the molecule is CCNS(=O)(=O)Cc1ccc2[nH]cc(CCN)c2c1.O=C(O)/C=C\C(=O)O. The number of carboxylic acid groups (broad SMARTS) is 2. The maximum atomic E-state index is 11.7. The summed E-state index contributed by atoms with van der Waals surface area (Å²) >= 11 is 0. The minimum absolute atomic E-state index is 0.00399. The molecule has 1 heterocycles. The van der Waals surface area contributed by atoms with Crippen molar-refractivity contribution in [2.75, 3.05) is 13.1 Å². The third-order valence-corrected chi connectivity index (χ3v) is 4.78. The molecule has 0 fully saturated rings. The van der Waals surface area contributed by atoms with Gasteiger partial charge in [0.2, 0.25) is 10.0 Å². The number of hydrogen-bond acceptors (Lipinski definition) is 5. The molecule has 0 radical (unpaired) electrons. The highest BCUT2D eigenvalue weighted by molar-refractivity contribution is 7.88. The van der Waals surface area contributed by atoms with Gasteiger partial charge in [0, 0.05) is 35.8 Å². The third kappa shape index (κ3) is 8.03. The Morgan fingerprint density at radius 3 is 2.37 bits per heavy atom. The van der Waals surface area contributed by atoms with Gasteiger partial charge in [-0.3, -0.25) is 0 Å². The molecule has 0 aliphatic heterocycles. The molecule has 0 spiro atoms. The molecule has 27 heavy (non-hydrogen) atoms. The van der Waals surface area contributed by atoms with Gasteiger partial charge in [-0.1, -0.05) is 13.0 Å². The third-order valence-electron chi connectivity index (χ3n) is 3.33. The molecule has 0 amide bonds. The van der Waals surface area contributed by atoms with Crippen molar-refractivity contribution in [3.8, 4) is 0 Å². The molecular formula is C17H23N3O6S. The summed E-state index contributed by atoms with van der Waals surface area (Å²) in [6.07, 6.45) is 3.83. The van der Waals surface area contributed by atoms with E-state index in [1.807, 2.05) is 24.4 Å². The van der Waals surface area contributed by atoms with Crippen molar-refractivity contribution >= 4 is 32.9 Å². The number of sulfonamides is 1. The van der Waals surface area contributed by atoms with Crippen LogP contribution in [0, 0.1) is 0 Å². The number of rotatable bonds is 8. The fraction of sp³-hybridized carbons (Fsp3) is 0.294. The Hall–Kier alpha value is -2.69. The second-order valence-electron chi connectivity index (χ2n) is 5.50. The van der Waals surface area contributed by atoms with Crippen LogP contribution < -0.4 is 10.5 Å². The Morgan fingerprint density at radius 2 is 1.85 bits per heavy atom. The number of nitrogens with two attached hydrogens (primary N) is 1. The normalized spacial score (nSPS) is 11.3. The summed E-state index contributed by atoms with van der Waals surface area (Å²) in [6, 6.07) is 5.66. The van der Waals surface area contributed by atoms with Gasteiger partial charge in [-0.05, 0) is 36.2 Å². The van der Waals surface area contributed by atoms with Crippen LogP contribution in [0.5, 0.6) is 0 Å². The van der Waals surface area contributed by atoms with Gasteiger partial charge in [-0.15, -0.1) is 0 Å². The molecule has 1 aromatic carbocycles. The van der Waals surface area contributed by atoms with Gasteiger partial charge in [0.1, 0.15) is 0 Å². The van der Waals surface area contributed by atoms with E-state index in [1.165, 1.54) is 0 Å². The molecular weight excluding hydrogens is 374 g/mol. The van der Waals surface area contributed by atoms with Crippen LogP contribution in [0.2, 0.25) is 0 Å². The van der Waals surface area contributed by atoms with Gasteiger partial charge < -0.3 is 20.9 Å². The van der Waals surface area contributed by atoms with E-state index in [4.69, 9.17) is 15.9 Å². The average molecular weight is 397 g/mol. The number of aromatic nitrogens is 1. The van der Waals surface area contributed by atoms with Crippen LogP contribution in [0.1, 0.15) is 18.1 Å². The molecule has 0 atom stereocenters. The minimum Gasteiger partial charge on any atom is -0.478 e. The number of carboxylic acids is 2. The summed E-state index contributed by atoms with van der Waals surface area (Å²) in [4.78, 5) is 22.3. The number of nitrogens with one attached hydrogen (secondary N) is 2. The topological polar surface area (TPSA) is 163 Å². The molecule has 9 nitrogen and oxygen atoms in total. The van der Waals surface area contributed by atoms with E-state index in [1.54, 1.807) is 6.92 Å². The molecule has 148 valence electrons. The van der Waals surface area contributed by atoms with Gasteiger partial charge in [0.25, 0.3) is 0 Å². The number of benzene rings is 1. The first-order chi connectivity index (χ1) is 12.7. The van der Waals surface area contributed by atoms with Crippen molar-refractivity contribution in [1.29, 1.82) is 0 Å². The Morgan fingerprint density at radius 1 is 1.22 bits per heavy atom. The first kappa shape index (κ1) is 22.4. The van der Waals surface area contributed by atoms with Crippen LogP contribution in [0.3, 0.4) is 0 Å². The highest BCUT2D eigenvalue weighted by Crippen LogP contribution is 2.21. The van der Waals surface area contributed by atoms with Gasteiger partial charge in [-0.25, -0.2) is 22.7 Å². The van der Waals surface area contributed by atoms with Crippen molar-refractivity contribution in [2.24, 2.45) is 5.73 Å². The van der Waals surface area contributed by atoms with Gasteiger partial charge in [0.15, 0.2) is 0 Å². The first-order valence-electron chi connectivity index (χ1n) is 8.08. The minimum atomic E-state index is -3.25. The van der Waals surface area contributed by atoms with Gasteiger partial charge in [-0.2, -0.15) is 0 Å². The van der Waals surface area contributed by atoms with Gasteiger partial charge in [0.05, 0.1) is 5.75 Å². The lowest BCUT2D eigenvalue weighted by Crippen LogP contribution is -2.24. The number of aromatic amines is 1. The first-order valence-corrected chi connectivity index (χ1v) is 9.74. The average Bonchev–Trinajstić information content (AvgIpc) is 2.96. The Balaban J connectivity index is 0.000000387. The number of fused-ring (bicyclic) bond motifs is 1. The molecule has 0 aliphatic carbocycles. The Bertz CT molecular complexity index is 902. The molecule has 10 heteroatoms. The zero-order valence-corrected chi connectivity index (χ0v) is 15.6. The largest absolute Gasteiger partial charge is 0.478 e. The van der Waals surface area contributed by atoms with E-state index in [9.17, 15) is 18.0 Å². The van der Waals surface area contributed by atoms with Crippen molar-refractivity contribution < 1.29 is 28.2 Å².